The van der Waals surface area contributed by atoms with Gasteiger partial charge in [-0.3, -0.25) is 9.55 Å². The molecule has 0 amide bonds. The third kappa shape index (κ3) is 5.86. The van der Waals surface area contributed by atoms with Crippen LogP contribution < -0.4 is 5.46 Å². The van der Waals surface area contributed by atoms with Gasteiger partial charge in [-0.1, -0.05) is 5.46 Å². The molecule has 0 saturated heterocycles. The molecule has 136 valence electrons. The Balaban J connectivity index is 0.000000333. The molecular formula is C18H27BN2O4. The van der Waals surface area contributed by atoms with Gasteiger partial charge in [-0.25, -0.2) is 4.79 Å². The molecule has 2 rings (SSSR count). The second-order valence-electron chi connectivity index (χ2n) is 7.95. The molecule has 2 aromatic heterocycles. The zero-order valence-corrected chi connectivity index (χ0v) is 16.0. The molecule has 0 aliphatic heterocycles. The van der Waals surface area contributed by atoms with Crippen LogP contribution in [0.4, 0.5) is 4.79 Å². The van der Waals surface area contributed by atoms with Gasteiger partial charge < -0.3 is 14.9 Å². The number of pyridine rings is 1. The fourth-order valence-corrected chi connectivity index (χ4v) is 1.56. The predicted molar refractivity (Wildman–Crippen MR) is 99.3 cm³/mol. The topological polar surface area (TPSA) is 84.6 Å². The smallest absolute Gasteiger partial charge is 0.418 e. The highest BCUT2D eigenvalue weighted by molar-refractivity contribution is 6.39. The first-order valence-electron chi connectivity index (χ1n) is 8.02. The van der Waals surface area contributed by atoms with Crippen molar-refractivity contribution < 1.29 is 19.7 Å². The number of rotatable bonds is 1. The first-order chi connectivity index (χ1) is 11.1. The second kappa shape index (κ2) is 7.18. The van der Waals surface area contributed by atoms with Crippen LogP contribution in [0.15, 0.2) is 24.7 Å². The maximum absolute atomic E-state index is 12.0. The molecule has 2 N–H and O–H groups in total. The lowest BCUT2D eigenvalue weighted by molar-refractivity contribution is -0.107. The highest BCUT2D eigenvalue weighted by Gasteiger charge is 2.31. The fourth-order valence-electron chi connectivity index (χ4n) is 1.56. The van der Waals surface area contributed by atoms with E-state index in [4.69, 9.17) is 22.8 Å². The van der Waals surface area contributed by atoms with Crippen molar-refractivity contribution in [2.24, 2.45) is 0 Å². The molecular weight excluding hydrogens is 319 g/mol. The molecule has 0 bridgehead atoms. The van der Waals surface area contributed by atoms with E-state index in [2.05, 4.69) is 4.98 Å². The molecule has 0 spiro atoms. The Labute approximate surface area is 150 Å². The third-order valence-corrected chi connectivity index (χ3v) is 3.72. The van der Waals surface area contributed by atoms with Crippen LogP contribution in [-0.2, 0) is 4.74 Å². The van der Waals surface area contributed by atoms with Crippen molar-refractivity contribution in [2.75, 3.05) is 0 Å². The van der Waals surface area contributed by atoms with Crippen LogP contribution >= 0.6 is 0 Å². The van der Waals surface area contributed by atoms with E-state index in [-0.39, 0.29) is 0 Å². The quantitative estimate of drug-likeness (QED) is 0.773. The molecule has 25 heavy (non-hydrogen) atoms. The summed E-state index contributed by atoms with van der Waals surface area (Å²) in [5.74, 6) is 0. The van der Waals surface area contributed by atoms with Crippen molar-refractivity contribution >= 4 is 30.3 Å². The van der Waals surface area contributed by atoms with Crippen LogP contribution in [0, 0.1) is 0 Å². The van der Waals surface area contributed by atoms with Gasteiger partial charge in [0.05, 0.1) is 16.7 Å². The first kappa shape index (κ1) is 21.2. The normalized spacial score (nSPS) is 12.5. The van der Waals surface area contributed by atoms with Gasteiger partial charge in [0.25, 0.3) is 0 Å². The van der Waals surface area contributed by atoms with Gasteiger partial charge in [-0.05, 0) is 54.5 Å². The number of ether oxygens (including phenoxy) is 1. The Hall–Kier alpha value is -1.86. The van der Waals surface area contributed by atoms with Crippen LogP contribution in [0.25, 0.3) is 10.9 Å². The van der Waals surface area contributed by atoms with Gasteiger partial charge in [0.15, 0.2) is 0 Å². The van der Waals surface area contributed by atoms with Crippen molar-refractivity contribution in [2.45, 2.75) is 65.3 Å². The van der Waals surface area contributed by atoms with E-state index < -0.39 is 22.9 Å². The van der Waals surface area contributed by atoms with E-state index in [1.807, 2.05) is 20.8 Å². The van der Waals surface area contributed by atoms with E-state index in [1.165, 1.54) is 4.57 Å². The fraction of sp³-hybridized carbons (Fsp3) is 0.556. The van der Waals surface area contributed by atoms with Crippen molar-refractivity contribution in [3.63, 3.8) is 0 Å². The molecule has 2 heterocycles. The second-order valence-corrected chi connectivity index (χ2v) is 7.95. The maximum Gasteiger partial charge on any atom is 0.418 e. The summed E-state index contributed by atoms with van der Waals surface area (Å²) >= 11 is 0. The lowest BCUT2D eigenvalue weighted by atomic mass is 9.90. The Bertz CT molecular complexity index is 722. The lowest BCUT2D eigenvalue weighted by Gasteiger charge is -2.31. The summed E-state index contributed by atoms with van der Waals surface area (Å²) < 4.78 is 6.69. The SMILES string of the molecule is CC(C)(O)C(C)(C)O.[B]c1cn(C(=O)OC(C)(C)C)c2ccncc12. The van der Waals surface area contributed by atoms with Gasteiger partial charge >= 0.3 is 6.09 Å². The van der Waals surface area contributed by atoms with Crippen LogP contribution in [0.3, 0.4) is 0 Å². The molecule has 6 nitrogen and oxygen atoms in total. The molecule has 2 aromatic rings. The summed E-state index contributed by atoms with van der Waals surface area (Å²) in [6.45, 7) is 11.8. The van der Waals surface area contributed by atoms with Gasteiger partial charge in [0.2, 0.25) is 0 Å². The number of carbonyl (C=O) groups is 1. The molecule has 0 saturated carbocycles. The van der Waals surface area contributed by atoms with Crippen LogP contribution in [0.5, 0.6) is 0 Å². The van der Waals surface area contributed by atoms with E-state index in [0.717, 1.165) is 5.39 Å². The number of fused-ring (bicyclic) bond motifs is 1. The summed E-state index contributed by atoms with van der Waals surface area (Å²) in [5, 5.41) is 19.0. The van der Waals surface area contributed by atoms with Crippen molar-refractivity contribution in [1.82, 2.24) is 9.55 Å². The van der Waals surface area contributed by atoms with Gasteiger partial charge in [-0.15, -0.1) is 0 Å². The highest BCUT2D eigenvalue weighted by Crippen LogP contribution is 2.19. The first-order valence-corrected chi connectivity index (χ1v) is 8.02. The van der Waals surface area contributed by atoms with Crippen molar-refractivity contribution in [1.29, 1.82) is 0 Å². The third-order valence-electron chi connectivity index (χ3n) is 3.72. The molecule has 0 atom stereocenters. The molecule has 0 fully saturated rings. The number of hydrogen-bond donors (Lipinski definition) is 2. The predicted octanol–water partition coefficient (Wildman–Crippen LogP) is 2.14. The average molecular weight is 346 g/mol. The molecule has 0 aromatic carbocycles. The zero-order chi connectivity index (χ0) is 19.6. The van der Waals surface area contributed by atoms with E-state index in [0.29, 0.717) is 11.0 Å². The van der Waals surface area contributed by atoms with Crippen molar-refractivity contribution in [3.05, 3.63) is 24.7 Å². The number of aliphatic hydroxyl groups is 2. The van der Waals surface area contributed by atoms with E-state index in [9.17, 15) is 4.79 Å². The van der Waals surface area contributed by atoms with Crippen LogP contribution in [0.2, 0.25) is 0 Å². The average Bonchev–Trinajstić information content (AvgIpc) is 2.73. The molecule has 0 unspecified atom stereocenters. The standard InChI is InChI=1S/C12H13BN2O2.C6H14O2/c1-12(2,3)17-11(16)15-7-9(13)8-6-14-5-4-10(8)15;1-5(2,7)6(3,4)8/h4-7H,1-3H3;7-8H,1-4H3. The summed E-state index contributed by atoms with van der Waals surface area (Å²) in [6, 6.07) is 1.73. The Kier molecular flexibility index (Phi) is 6.08. The Morgan fingerprint density at radius 2 is 1.64 bits per heavy atom. The lowest BCUT2D eigenvalue weighted by Crippen LogP contribution is -2.44. The Morgan fingerprint density at radius 3 is 2.08 bits per heavy atom. The maximum atomic E-state index is 12.0. The minimum atomic E-state index is -1.01. The van der Waals surface area contributed by atoms with Gasteiger partial charge in [-0.2, -0.15) is 0 Å². The van der Waals surface area contributed by atoms with Crippen LogP contribution in [-0.4, -0.2) is 50.5 Å². The van der Waals surface area contributed by atoms with Crippen molar-refractivity contribution in [3.8, 4) is 0 Å². The molecule has 0 aliphatic rings. The minimum Gasteiger partial charge on any atom is -0.443 e. The van der Waals surface area contributed by atoms with Gasteiger partial charge in [0.1, 0.15) is 13.4 Å². The largest absolute Gasteiger partial charge is 0.443 e. The summed E-state index contributed by atoms with van der Waals surface area (Å²) in [4.78, 5) is 15.9. The zero-order valence-electron chi connectivity index (χ0n) is 16.0. The van der Waals surface area contributed by atoms with Gasteiger partial charge in [0, 0.05) is 24.0 Å². The van der Waals surface area contributed by atoms with E-state index >= 15 is 0 Å². The van der Waals surface area contributed by atoms with Crippen LogP contribution in [0.1, 0.15) is 48.5 Å². The Morgan fingerprint density at radius 1 is 1.12 bits per heavy atom. The summed E-state index contributed by atoms with van der Waals surface area (Å²) in [6.07, 6.45) is 4.36. The summed E-state index contributed by atoms with van der Waals surface area (Å²) in [7, 11) is 5.81. The number of aromatic nitrogens is 2. The minimum absolute atomic E-state index is 0.439. The highest BCUT2D eigenvalue weighted by atomic mass is 16.6. The molecule has 2 radical (unpaired) electrons. The number of nitrogens with zero attached hydrogens (tertiary/aromatic N) is 2. The number of carbonyl (C=O) groups excluding carboxylic acids is 1. The van der Waals surface area contributed by atoms with E-state index in [1.54, 1.807) is 52.4 Å². The molecule has 0 aliphatic carbocycles. The monoisotopic (exact) mass is 346 g/mol. The summed E-state index contributed by atoms with van der Waals surface area (Å²) in [5.41, 5.74) is -1.33. The molecule has 7 heteroatoms. The number of hydrogen-bond acceptors (Lipinski definition) is 5.